The molecule has 1 N–H and O–H groups in total. The van der Waals surface area contributed by atoms with Crippen LogP contribution in [0.15, 0.2) is 40.9 Å². The Morgan fingerprint density at radius 2 is 2.28 bits per heavy atom. The predicted octanol–water partition coefficient (Wildman–Crippen LogP) is 3.22. The van der Waals surface area contributed by atoms with Crippen LogP contribution in [0.4, 0.5) is 0 Å². The molecule has 4 heteroatoms. The van der Waals surface area contributed by atoms with Crippen molar-refractivity contribution in [3.05, 3.63) is 46.5 Å². The Kier molecular flexibility index (Phi) is 6.09. The molecule has 1 aromatic carbocycles. The van der Waals surface area contributed by atoms with Crippen molar-refractivity contribution in [3.63, 3.8) is 0 Å². The Morgan fingerprint density at radius 1 is 1.56 bits per heavy atom. The van der Waals surface area contributed by atoms with Crippen LogP contribution < -0.4 is 5.32 Å². The molecule has 0 aliphatic rings. The number of nitrogens with one attached hydrogen (secondary N) is 1. The van der Waals surface area contributed by atoms with Gasteiger partial charge in [-0.15, -0.1) is 0 Å². The molecule has 0 fully saturated rings. The van der Waals surface area contributed by atoms with Crippen LogP contribution in [-0.4, -0.2) is 19.1 Å². The van der Waals surface area contributed by atoms with E-state index in [4.69, 9.17) is 4.74 Å². The summed E-state index contributed by atoms with van der Waals surface area (Å²) in [5, 5.41) is 3.24. The van der Waals surface area contributed by atoms with Gasteiger partial charge in [0.05, 0.1) is 6.61 Å². The first-order valence-corrected chi connectivity index (χ1v) is 6.67. The van der Waals surface area contributed by atoms with Crippen LogP contribution in [0.1, 0.15) is 25.5 Å². The third-order valence-electron chi connectivity index (χ3n) is 2.53. The first kappa shape index (κ1) is 14.9. The average molecular weight is 312 g/mol. The normalized spacial score (nSPS) is 11.9. The predicted molar refractivity (Wildman–Crippen MR) is 76.3 cm³/mol. The minimum absolute atomic E-state index is 0.147. The molecule has 98 valence electrons. The van der Waals surface area contributed by atoms with Gasteiger partial charge >= 0.3 is 5.97 Å². The van der Waals surface area contributed by atoms with Gasteiger partial charge < -0.3 is 10.1 Å². The Balaban J connectivity index is 2.48. The Labute approximate surface area is 116 Å². The van der Waals surface area contributed by atoms with Gasteiger partial charge in [-0.1, -0.05) is 34.6 Å². The van der Waals surface area contributed by atoms with E-state index in [2.05, 4.69) is 27.8 Å². The lowest BCUT2D eigenvalue weighted by Crippen LogP contribution is -2.24. The summed E-state index contributed by atoms with van der Waals surface area (Å²) in [5.41, 5.74) is 1.60. The molecule has 0 unspecified atom stereocenters. The van der Waals surface area contributed by atoms with Crippen LogP contribution >= 0.6 is 15.9 Å². The van der Waals surface area contributed by atoms with Crippen molar-refractivity contribution < 1.29 is 9.53 Å². The second-order valence-corrected chi connectivity index (χ2v) is 4.90. The van der Waals surface area contributed by atoms with Crippen molar-refractivity contribution in [1.82, 2.24) is 5.32 Å². The van der Waals surface area contributed by atoms with E-state index in [9.17, 15) is 4.79 Å². The molecule has 1 atom stereocenters. The third-order valence-corrected chi connectivity index (χ3v) is 3.03. The largest absolute Gasteiger partial charge is 0.463 e. The fraction of sp³-hybridized carbons (Fsp3) is 0.357. The quantitative estimate of drug-likeness (QED) is 0.647. The lowest BCUT2D eigenvalue weighted by molar-refractivity contribution is -0.138. The zero-order valence-electron chi connectivity index (χ0n) is 10.7. The summed E-state index contributed by atoms with van der Waals surface area (Å²) < 4.78 is 5.91. The summed E-state index contributed by atoms with van der Waals surface area (Å²) in [6, 6.07) is 8.19. The third kappa shape index (κ3) is 4.63. The molecule has 0 bridgehead atoms. The van der Waals surface area contributed by atoms with Gasteiger partial charge in [-0.05, 0) is 31.5 Å². The molecule has 0 heterocycles. The van der Waals surface area contributed by atoms with Gasteiger partial charge in [-0.25, -0.2) is 4.79 Å². The van der Waals surface area contributed by atoms with E-state index < -0.39 is 0 Å². The first-order chi connectivity index (χ1) is 8.54. The van der Waals surface area contributed by atoms with Crippen molar-refractivity contribution in [2.24, 2.45) is 0 Å². The highest BCUT2D eigenvalue weighted by atomic mass is 79.9. The lowest BCUT2D eigenvalue weighted by Gasteiger charge is -2.15. The summed E-state index contributed by atoms with van der Waals surface area (Å²) in [7, 11) is 0. The highest BCUT2D eigenvalue weighted by Gasteiger charge is 2.10. The molecular formula is C14H18BrNO2. The molecule has 0 saturated carbocycles. The molecule has 3 nitrogen and oxygen atoms in total. The highest BCUT2D eigenvalue weighted by Crippen LogP contribution is 2.17. The standard InChI is InChI=1S/C14H18BrNO2/c1-4-18-14(17)10(2)9-16-11(3)12-6-5-7-13(15)8-12/h5-8,11,16H,2,4,9H2,1,3H3/t11-/m0/s1. The summed E-state index contributed by atoms with van der Waals surface area (Å²) in [6.45, 7) is 8.33. The SMILES string of the molecule is C=C(CN[C@@H](C)c1cccc(Br)c1)C(=O)OCC. The summed E-state index contributed by atoms with van der Waals surface area (Å²) in [5.74, 6) is -0.341. The van der Waals surface area contributed by atoms with E-state index in [1.165, 1.54) is 0 Å². The number of ether oxygens (including phenoxy) is 1. The number of rotatable bonds is 6. The van der Waals surface area contributed by atoms with E-state index in [0.29, 0.717) is 18.7 Å². The summed E-state index contributed by atoms with van der Waals surface area (Å²) in [4.78, 5) is 11.4. The van der Waals surface area contributed by atoms with Crippen molar-refractivity contribution >= 4 is 21.9 Å². The topological polar surface area (TPSA) is 38.3 Å². The van der Waals surface area contributed by atoms with E-state index in [1.807, 2.05) is 31.2 Å². The number of carbonyl (C=O) groups excluding carboxylic acids is 1. The number of hydrogen-bond acceptors (Lipinski definition) is 3. The number of esters is 1. The van der Waals surface area contributed by atoms with Crippen LogP contribution in [0.3, 0.4) is 0 Å². The minimum atomic E-state index is -0.341. The summed E-state index contributed by atoms with van der Waals surface area (Å²) in [6.07, 6.45) is 0. The van der Waals surface area contributed by atoms with Gasteiger partial charge in [0.15, 0.2) is 0 Å². The molecule has 18 heavy (non-hydrogen) atoms. The van der Waals surface area contributed by atoms with Crippen molar-refractivity contribution in [2.45, 2.75) is 19.9 Å². The molecular weight excluding hydrogens is 294 g/mol. The van der Waals surface area contributed by atoms with Gasteiger partial charge in [0.1, 0.15) is 0 Å². The number of hydrogen-bond donors (Lipinski definition) is 1. The van der Waals surface area contributed by atoms with Crippen molar-refractivity contribution in [2.75, 3.05) is 13.2 Å². The zero-order chi connectivity index (χ0) is 13.5. The maximum Gasteiger partial charge on any atom is 0.334 e. The Bertz CT molecular complexity index is 432. The second-order valence-electron chi connectivity index (χ2n) is 3.98. The van der Waals surface area contributed by atoms with Gasteiger partial charge in [-0.2, -0.15) is 0 Å². The van der Waals surface area contributed by atoms with E-state index >= 15 is 0 Å². The van der Waals surface area contributed by atoms with Gasteiger partial charge in [0.25, 0.3) is 0 Å². The average Bonchev–Trinajstić information content (AvgIpc) is 2.35. The molecule has 0 aliphatic heterocycles. The van der Waals surface area contributed by atoms with E-state index in [1.54, 1.807) is 6.92 Å². The monoisotopic (exact) mass is 311 g/mol. The maximum absolute atomic E-state index is 11.4. The van der Waals surface area contributed by atoms with E-state index in [-0.39, 0.29) is 12.0 Å². The zero-order valence-corrected chi connectivity index (χ0v) is 12.3. The number of carbonyl (C=O) groups is 1. The lowest BCUT2D eigenvalue weighted by atomic mass is 10.1. The first-order valence-electron chi connectivity index (χ1n) is 5.88. The van der Waals surface area contributed by atoms with Crippen LogP contribution in [-0.2, 0) is 9.53 Å². The highest BCUT2D eigenvalue weighted by molar-refractivity contribution is 9.10. The molecule has 0 radical (unpaired) electrons. The molecule has 0 aromatic heterocycles. The van der Waals surface area contributed by atoms with Crippen molar-refractivity contribution in [1.29, 1.82) is 0 Å². The smallest absolute Gasteiger partial charge is 0.334 e. The summed E-state index contributed by atoms with van der Waals surface area (Å²) >= 11 is 3.43. The molecule has 1 rings (SSSR count). The van der Waals surface area contributed by atoms with Gasteiger partial charge in [0.2, 0.25) is 0 Å². The van der Waals surface area contributed by atoms with Gasteiger partial charge in [0, 0.05) is 22.6 Å². The Hall–Kier alpha value is -1.13. The van der Waals surface area contributed by atoms with Crippen LogP contribution in [0.2, 0.25) is 0 Å². The fourth-order valence-corrected chi connectivity index (χ4v) is 1.89. The van der Waals surface area contributed by atoms with Crippen LogP contribution in [0, 0.1) is 0 Å². The molecule has 0 spiro atoms. The fourth-order valence-electron chi connectivity index (χ4n) is 1.48. The molecule has 0 amide bonds. The number of halogens is 1. The number of benzene rings is 1. The van der Waals surface area contributed by atoms with E-state index in [0.717, 1.165) is 10.0 Å². The van der Waals surface area contributed by atoms with Crippen LogP contribution in [0.5, 0.6) is 0 Å². The maximum atomic E-state index is 11.4. The molecule has 0 aliphatic carbocycles. The van der Waals surface area contributed by atoms with Crippen molar-refractivity contribution in [3.8, 4) is 0 Å². The molecule has 1 aromatic rings. The Morgan fingerprint density at radius 3 is 2.89 bits per heavy atom. The molecule has 0 saturated heterocycles. The van der Waals surface area contributed by atoms with Crippen LogP contribution in [0.25, 0.3) is 0 Å². The minimum Gasteiger partial charge on any atom is -0.463 e. The van der Waals surface area contributed by atoms with Gasteiger partial charge in [-0.3, -0.25) is 0 Å². The second kappa shape index (κ2) is 7.34.